The predicted octanol–water partition coefficient (Wildman–Crippen LogP) is 2.88. The SMILES string of the molecule is Cc1cc(C)c(S(=O)(=O)Nc2sc(C)nc2C(=O)O)c(C)c1. The molecule has 0 radical (unpaired) electrons. The van der Waals surface area contributed by atoms with Crippen LogP contribution in [0.25, 0.3) is 0 Å². The number of thiazole rings is 1. The van der Waals surface area contributed by atoms with Gasteiger partial charge in [0.05, 0.1) is 9.90 Å². The summed E-state index contributed by atoms with van der Waals surface area (Å²) in [5, 5.41) is 9.60. The van der Waals surface area contributed by atoms with Crippen molar-refractivity contribution in [2.24, 2.45) is 0 Å². The van der Waals surface area contributed by atoms with Crippen LogP contribution in [0.2, 0.25) is 0 Å². The highest BCUT2D eigenvalue weighted by atomic mass is 32.2. The molecule has 2 aromatic rings. The first-order valence-corrected chi connectivity index (χ1v) is 8.73. The minimum atomic E-state index is -3.88. The molecule has 0 amide bonds. The number of hydrogen-bond donors (Lipinski definition) is 2. The molecule has 1 aromatic heterocycles. The first-order valence-electron chi connectivity index (χ1n) is 6.43. The molecule has 0 unspecified atom stereocenters. The van der Waals surface area contributed by atoms with E-state index in [-0.39, 0.29) is 15.6 Å². The minimum absolute atomic E-state index is 0.0179. The molecule has 0 saturated heterocycles. The highest BCUT2D eigenvalue weighted by molar-refractivity contribution is 7.93. The van der Waals surface area contributed by atoms with Gasteiger partial charge in [0.15, 0.2) is 5.69 Å². The Bertz CT molecular complexity index is 831. The zero-order valence-corrected chi connectivity index (χ0v) is 14.2. The van der Waals surface area contributed by atoms with Gasteiger partial charge in [-0.05, 0) is 38.8 Å². The summed E-state index contributed by atoms with van der Waals surface area (Å²) in [6.45, 7) is 6.94. The monoisotopic (exact) mass is 340 g/mol. The van der Waals surface area contributed by atoms with Gasteiger partial charge < -0.3 is 5.11 Å². The molecule has 0 atom stereocenters. The maximum absolute atomic E-state index is 12.6. The van der Waals surface area contributed by atoms with Gasteiger partial charge >= 0.3 is 5.97 Å². The van der Waals surface area contributed by atoms with E-state index in [1.54, 1.807) is 32.9 Å². The number of nitrogens with one attached hydrogen (secondary N) is 1. The van der Waals surface area contributed by atoms with Gasteiger partial charge in [-0.3, -0.25) is 4.72 Å². The lowest BCUT2D eigenvalue weighted by atomic mass is 10.1. The van der Waals surface area contributed by atoms with Crippen molar-refractivity contribution < 1.29 is 18.3 Å². The molecule has 0 aliphatic rings. The number of carboxylic acids is 1. The summed E-state index contributed by atoms with van der Waals surface area (Å²) in [7, 11) is -3.88. The van der Waals surface area contributed by atoms with Crippen molar-refractivity contribution in [2.75, 3.05) is 4.72 Å². The van der Waals surface area contributed by atoms with Crippen LogP contribution in [0.15, 0.2) is 17.0 Å². The zero-order valence-electron chi connectivity index (χ0n) is 12.6. The van der Waals surface area contributed by atoms with Gasteiger partial charge in [-0.1, -0.05) is 17.7 Å². The Hall–Kier alpha value is -1.93. The van der Waals surface area contributed by atoms with Crippen LogP contribution in [0.5, 0.6) is 0 Å². The summed E-state index contributed by atoms with van der Waals surface area (Å²) in [4.78, 5) is 15.2. The van der Waals surface area contributed by atoms with E-state index in [0.29, 0.717) is 16.1 Å². The summed E-state index contributed by atoms with van der Waals surface area (Å²) in [5.41, 5.74) is 1.91. The second kappa shape index (κ2) is 5.69. The number of benzene rings is 1. The van der Waals surface area contributed by atoms with Crippen molar-refractivity contribution in [3.05, 3.63) is 39.5 Å². The number of aryl methyl sites for hydroxylation is 4. The van der Waals surface area contributed by atoms with E-state index in [4.69, 9.17) is 5.11 Å². The van der Waals surface area contributed by atoms with Gasteiger partial charge in [-0.25, -0.2) is 18.2 Å². The molecule has 0 aliphatic heterocycles. The van der Waals surface area contributed by atoms with E-state index in [9.17, 15) is 13.2 Å². The standard InChI is InChI=1S/C14H16N2O4S2/c1-7-5-8(2)12(9(3)6-7)22(19,20)16-13-11(14(17)18)15-10(4)21-13/h5-6,16H,1-4H3,(H,17,18). The highest BCUT2D eigenvalue weighted by Crippen LogP contribution is 2.29. The molecular formula is C14H16N2O4S2. The topological polar surface area (TPSA) is 96.4 Å². The zero-order chi connectivity index (χ0) is 16.7. The van der Waals surface area contributed by atoms with Gasteiger partial charge in [0, 0.05) is 0 Å². The number of rotatable bonds is 4. The number of hydrogen-bond acceptors (Lipinski definition) is 5. The summed E-state index contributed by atoms with van der Waals surface area (Å²) in [6.07, 6.45) is 0. The van der Waals surface area contributed by atoms with E-state index in [1.807, 2.05) is 6.92 Å². The molecule has 1 aromatic carbocycles. The van der Waals surface area contributed by atoms with Crippen LogP contribution in [0, 0.1) is 27.7 Å². The van der Waals surface area contributed by atoms with Crippen LogP contribution in [-0.4, -0.2) is 24.5 Å². The summed E-state index contributed by atoms with van der Waals surface area (Å²) in [6, 6.07) is 3.55. The number of nitrogens with zero attached hydrogens (tertiary/aromatic N) is 1. The van der Waals surface area contributed by atoms with E-state index < -0.39 is 16.0 Å². The molecule has 0 saturated carbocycles. The predicted molar refractivity (Wildman–Crippen MR) is 85.3 cm³/mol. The third kappa shape index (κ3) is 3.12. The van der Waals surface area contributed by atoms with Crippen molar-refractivity contribution in [2.45, 2.75) is 32.6 Å². The molecule has 0 aliphatic carbocycles. The molecular weight excluding hydrogens is 324 g/mol. The van der Waals surface area contributed by atoms with E-state index >= 15 is 0 Å². The number of carbonyl (C=O) groups is 1. The Kier molecular flexibility index (Phi) is 4.25. The molecule has 2 rings (SSSR count). The normalized spacial score (nSPS) is 11.5. The molecule has 2 N–H and O–H groups in total. The fraction of sp³-hybridized carbons (Fsp3) is 0.286. The molecule has 8 heteroatoms. The van der Waals surface area contributed by atoms with Crippen molar-refractivity contribution in [3.63, 3.8) is 0 Å². The van der Waals surface area contributed by atoms with Crippen molar-refractivity contribution in [1.82, 2.24) is 4.98 Å². The molecule has 118 valence electrons. The Morgan fingerprint density at radius 3 is 2.23 bits per heavy atom. The van der Waals surface area contributed by atoms with Gasteiger partial charge in [0.1, 0.15) is 5.00 Å². The fourth-order valence-electron chi connectivity index (χ4n) is 2.40. The van der Waals surface area contributed by atoms with Gasteiger partial charge in [-0.15, -0.1) is 11.3 Å². The minimum Gasteiger partial charge on any atom is -0.476 e. The molecule has 22 heavy (non-hydrogen) atoms. The Morgan fingerprint density at radius 1 is 1.18 bits per heavy atom. The maximum atomic E-state index is 12.6. The first-order chi connectivity index (χ1) is 10.1. The summed E-state index contributed by atoms with van der Waals surface area (Å²) >= 11 is 0.997. The Labute approximate surface area is 132 Å². The fourth-order valence-corrected chi connectivity index (χ4v) is 4.97. The van der Waals surface area contributed by atoms with Crippen molar-refractivity contribution >= 4 is 32.3 Å². The quantitative estimate of drug-likeness (QED) is 0.892. The average molecular weight is 340 g/mol. The van der Waals surface area contributed by atoms with E-state index in [1.165, 1.54) is 0 Å². The van der Waals surface area contributed by atoms with Crippen LogP contribution in [0.1, 0.15) is 32.2 Å². The molecule has 1 heterocycles. The van der Waals surface area contributed by atoms with Crippen molar-refractivity contribution in [3.8, 4) is 0 Å². The third-order valence-electron chi connectivity index (χ3n) is 3.04. The number of aromatic nitrogens is 1. The number of anilines is 1. The van der Waals surface area contributed by atoms with Crippen LogP contribution in [0.4, 0.5) is 5.00 Å². The lowest BCUT2D eigenvalue weighted by Gasteiger charge is -2.13. The second-order valence-electron chi connectivity index (χ2n) is 5.05. The van der Waals surface area contributed by atoms with Gasteiger partial charge in [-0.2, -0.15) is 0 Å². The van der Waals surface area contributed by atoms with Gasteiger partial charge in [0.25, 0.3) is 10.0 Å². The summed E-state index contributed by atoms with van der Waals surface area (Å²) in [5.74, 6) is -1.26. The number of carboxylic acid groups (broad SMARTS) is 1. The van der Waals surface area contributed by atoms with Crippen LogP contribution >= 0.6 is 11.3 Å². The summed E-state index contributed by atoms with van der Waals surface area (Å²) < 4.78 is 27.6. The lowest BCUT2D eigenvalue weighted by Crippen LogP contribution is -2.17. The molecule has 6 nitrogen and oxygen atoms in total. The van der Waals surface area contributed by atoms with E-state index in [0.717, 1.165) is 16.9 Å². The first kappa shape index (κ1) is 16.4. The largest absolute Gasteiger partial charge is 0.476 e. The molecule has 0 fully saturated rings. The smallest absolute Gasteiger partial charge is 0.357 e. The lowest BCUT2D eigenvalue weighted by molar-refractivity contribution is 0.0692. The Morgan fingerprint density at radius 2 is 1.73 bits per heavy atom. The average Bonchev–Trinajstić information content (AvgIpc) is 2.67. The number of sulfonamides is 1. The van der Waals surface area contributed by atoms with Gasteiger partial charge in [0.2, 0.25) is 0 Å². The Balaban J connectivity index is 2.52. The van der Waals surface area contributed by atoms with E-state index in [2.05, 4.69) is 9.71 Å². The van der Waals surface area contributed by atoms with Crippen LogP contribution < -0.4 is 4.72 Å². The molecule has 0 spiro atoms. The number of aromatic carboxylic acids is 1. The van der Waals surface area contributed by atoms with Crippen LogP contribution in [-0.2, 0) is 10.0 Å². The van der Waals surface area contributed by atoms with Crippen molar-refractivity contribution in [1.29, 1.82) is 0 Å². The second-order valence-corrected chi connectivity index (χ2v) is 7.87. The third-order valence-corrected chi connectivity index (χ3v) is 5.71. The molecule has 0 bridgehead atoms. The maximum Gasteiger partial charge on any atom is 0.357 e. The van der Waals surface area contributed by atoms with Crippen LogP contribution in [0.3, 0.4) is 0 Å². The highest BCUT2D eigenvalue weighted by Gasteiger charge is 2.24.